The molecule has 0 aromatic heterocycles. The fraction of sp³-hybridized carbons (Fsp3) is 0.917. The molecule has 1 aliphatic carbocycles. The Bertz CT molecular complexity index is 202. The Morgan fingerprint density at radius 3 is 2.53 bits per heavy atom. The average Bonchev–Trinajstić information content (AvgIpc) is 2.68. The van der Waals surface area contributed by atoms with Crippen molar-refractivity contribution in [2.75, 3.05) is 5.33 Å². The molecule has 1 amide bonds. The molecule has 2 unspecified atom stereocenters. The van der Waals surface area contributed by atoms with Gasteiger partial charge in [-0.25, -0.2) is 0 Å². The molecular weight excluding hydrogens is 254 g/mol. The van der Waals surface area contributed by atoms with Crippen LogP contribution >= 0.6 is 15.9 Å². The normalized spacial score (nSPS) is 21.3. The van der Waals surface area contributed by atoms with E-state index < -0.39 is 0 Å². The van der Waals surface area contributed by atoms with Crippen LogP contribution in [0.15, 0.2) is 0 Å². The highest BCUT2D eigenvalue weighted by Gasteiger charge is 2.20. The molecule has 0 aliphatic heterocycles. The number of nitrogens with one attached hydrogen (secondary N) is 1. The highest BCUT2D eigenvalue weighted by Crippen LogP contribution is 2.27. The van der Waals surface area contributed by atoms with Gasteiger partial charge in [-0.1, -0.05) is 35.7 Å². The second-order valence-electron chi connectivity index (χ2n) is 4.84. The first-order valence-electron chi connectivity index (χ1n) is 5.98. The molecule has 1 fully saturated rings. The van der Waals surface area contributed by atoms with E-state index in [1.54, 1.807) is 0 Å². The lowest BCUT2D eigenvalue weighted by atomic mass is 10.0. The fourth-order valence-corrected chi connectivity index (χ4v) is 2.63. The summed E-state index contributed by atoms with van der Waals surface area (Å²) in [5.74, 6) is 1.39. The lowest BCUT2D eigenvalue weighted by Crippen LogP contribution is -2.38. The second kappa shape index (κ2) is 6.51. The van der Waals surface area contributed by atoms with E-state index in [4.69, 9.17) is 0 Å². The highest BCUT2D eigenvalue weighted by molar-refractivity contribution is 9.09. The Labute approximate surface area is 101 Å². The van der Waals surface area contributed by atoms with Crippen molar-refractivity contribution in [3.05, 3.63) is 0 Å². The molecule has 2 atom stereocenters. The summed E-state index contributed by atoms with van der Waals surface area (Å²) >= 11 is 3.44. The van der Waals surface area contributed by atoms with Crippen LogP contribution in [0.3, 0.4) is 0 Å². The first kappa shape index (κ1) is 13.0. The van der Waals surface area contributed by atoms with Gasteiger partial charge in [-0.3, -0.25) is 4.79 Å². The van der Waals surface area contributed by atoms with Crippen LogP contribution in [0.4, 0.5) is 0 Å². The van der Waals surface area contributed by atoms with Crippen molar-refractivity contribution in [2.45, 2.75) is 52.0 Å². The van der Waals surface area contributed by atoms with E-state index in [0.717, 1.165) is 11.8 Å². The predicted octanol–water partition coefficient (Wildman–Crippen LogP) is 3.10. The van der Waals surface area contributed by atoms with Crippen LogP contribution < -0.4 is 5.32 Å². The van der Waals surface area contributed by atoms with E-state index in [1.165, 1.54) is 25.7 Å². The fourth-order valence-electron chi connectivity index (χ4n) is 2.07. The molecule has 15 heavy (non-hydrogen) atoms. The molecule has 0 aromatic rings. The third kappa shape index (κ3) is 4.54. The number of hydrogen-bond acceptors (Lipinski definition) is 1. The third-order valence-corrected chi connectivity index (χ3v) is 4.46. The van der Waals surface area contributed by atoms with Crippen LogP contribution in [0.25, 0.3) is 0 Å². The molecule has 0 heterocycles. The predicted molar refractivity (Wildman–Crippen MR) is 67.1 cm³/mol. The van der Waals surface area contributed by atoms with Crippen molar-refractivity contribution in [3.8, 4) is 0 Å². The van der Waals surface area contributed by atoms with Crippen LogP contribution in [-0.4, -0.2) is 17.3 Å². The van der Waals surface area contributed by atoms with Gasteiger partial charge in [-0.2, -0.15) is 0 Å². The largest absolute Gasteiger partial charge is 0.353 e. The molecule has 1 saturated carbocycles. The molecule has 3 heteroatoms. The molecular formula is C12H22BrNO. The minimum atomic E-state index is 0.238. The molecule has 0 radical (unpaired) electrons. The molecule has 1 rings (SSSR count). The summed E-state index contributed by atoms with van der Waals surface area (Å²) in [6.07, 6.45) is 5.85. The Balaban J connectivity index is 2.22. The Morgan fingerprint density at radius 1 is 1.40 bits per heavy atom. The Morgan fingerprint density at radius 2 is 2.00 bits per heavy atom. The van der Waals surface area contributed by atoms with E-state index in [0.29, 0.717) is 11.8 Å². The maximum absolute atomic E-state index is 11.7. The summed E-state index contributed by atoms with van der Waals surface area (Å²) in [5, 5.41) is 4.03. The van der Waals surface area contributed by atoms with Crippen LogP contribution in [-0.2, 0) is 4.79 Å². The maximum Gasteiger partial charge on any atom is 0.220 e. The summed E-state index contributed by atoms with van der Waals surface area (Å²) in [4.78, 5) is 11.7. The van der Waals surface area contributed by atoms with E-state index >= 15 is 0 Å². The van der Waals surface area contributed by atoms with Gasteiger partial charge in [0, 0.05) is 17.8 Å². The molecule has 2 nitrogen and oxygen atoms in total. The van der Waals surface area contributed by atoms with Gasteiger partial charge in [0.15, 0.2) is 0 Å². The van der Waals surface area contributed by atoms with Crippen LogP contribution in [0, 0.1) is 11.8 Å². The third-order valence-electron chi connectivity index (χ3n) is 3.43. The van der Waals surface area contributed by atoms with Crippen LogP contribution in [0.2, 0.25) is 0 Å². The van der Waals surface area contributed by atoms with Crippen molar-refractivity contribution in [1.29, 1.82) is 0 Å². The SMILES string of the molecule is CC(CBr)C(C)NC(=O)CC1CCCC1. The van der Waals surface area contributed by atoms with Crippen molar-refractivity contribution in [1.82, 2.24) is 5.32 Å². The quantitative estimate of drug-likeness (QED) is 0.768. The zero-order chi connectivity index (χ0) is 11.3. The first-order valence-corrected chi connectivity index (χ1v) is 7.11. The number of carbonyl (C=O) groups excluding carboxylic acids is 1. The molecule has 88 valence electrons. The van der Waals surface area contributed by atoms with Crippen LogP contribution in [0.5, 0.6) is 0 Å². The van der Waals surface area contributed by atoms with Crippen molar-refractivity contribution >= 4 is 21.8 Å². The van der Waals surface area contributed by atoms with Crippen molar-refractivity contribution in [3.63, 3.8) is 0 Å². The number of carbonyl (C=O) groups is 1. The molecule has 1 aliphatic rings. The van der Waals surface area contributed by atoms with Gasteiger partial charge in [0.2, 0.25) is 5.91 Å². The number of hydrogen-bond donors (Lipinski definition) is 1. The van der Waals surface area contributed by atoms with E-state index in [9.17, 15) is 4.79 Å². The molecule has 0 spiro atoms. The number of alkyl halides is 1. The minimum absolute atomic E-state index is 0.238. The molecule has 0 saturated heterocycles. The first-order chi connectivity index (χ1) is 7.13. The monoisotopic (exact) mass is 275 g/mol. The lowest BCUT2D eigenvalue weighted by molar-refractivity contribution is -0.122. The molecule has 0 aromatic carbocycles. The summed E-state index contributed by atoms with van der Waals surface area (Å²) in [5.41, 5.74) is 0. The lowest BCUT2D eigenvalue weighted by Gasteiger charge is -2.20. The second-order valence-corrected chi connectivity index (χ2v) is 5.49. The summed E-state index contributed by atoms with van der Waals surface area (Å²) < 4.78 is 0. The Kier molecular flexibility index (Phi) is 5.65. The average molecular weight is 276 g/mol. The van der Waals surface area contributed by atoms with Gasteiger partial charge in [-0.05, 0) is 31.6 Å². The number of rotatable bonds is 5. The van der Waals surface area contributed by atoms with E-state index in [-0.39, 0.29) is 11.9 Å². The molecule has 1 N–H and O–H groups in total. The Hall–Kier alpha value is -0.0500. The van der Waals surface area contributed by atoms with Crippen molar-refractivity contribution < 1.29 is 4.79 Å². The topological polar surface area (TPSA) is 29.1 Å². The van der Waals surface area contributed by atoms with Gasteiger partial charge < -0.3 is 5.32 Å². The van der Waals surface area contributed by atoms with Crippen molar-refractivity contribution in [2.24, 2.45) is 11.8 Å². The smallest absolute Gasteiger partial charge is 0.220 e. The number of halogens is 1. The van der Waals surface area contributed by atoms with Gasteiger partial charge in [0.05, 0.1) is 0 Å². The summed E-state index contributed by atoms with van der Waals surface area (Å²) in [6.45, 7) is 4.23. The molecule has 0 bridgehead atoms. The summed E-state index contributed by atoms with van der Waals surface area (Å²) in [7, 11) is 0. The van der Waals surface area contributed by atoms with Gasteiger partial charge >= 0.3 is 0 Å². The zero-order valence-corrected chi connectivity index (χ0v) is 11.3. The zero-order valence-electron chi connectivity index (χ0n) is 9.76. The summed E-state index contributed by atoms with van der Waals surface area (Å²) in [6, 6.07) is 0.276. The van der Waals surface area contributed by atoms with E-state index in [2.05, 4.69) is 35.1 Å². The maximum atomic E-state index is 11.7. The standard InChI is InChI=1S/C12H22BrNO/c1-9(8-13)10(2)14-12(15)7-11-5-3-4-6-11/h9-11H,3-8H2,1-2H3,(H,14,15). The van der Waals surface area contributed by atoms with Gasteiger partial charge in [-0.15, -0.1) is 0 Å². The van der Waals surface area contributed by atoms with Gasteiger partial charge in [0.25, 0.3) is 0 Å². The van der Waals surface area contributed by atoms with Gasteiger partial charge in [0.1, 0.15) is 0 Å². The van der Waals surface area contributed by atoms with E-state index in [1.807, 2.05) is 0 Å². The van der Waals surface area contributed by atoms with Crippen LogP contribution in [0.1, 0.15) is 46.0 Å². The minimum Gasteiger partial charge on any atom is -0.353 e. The number of amides is 1. The highest BCUT2D eigenvalue weighted by atomic mass is 79.9.